The second kappa shape index (κ2) is 4.42. The zero-order valence-corrected chi connectivity index (χ0v) is 10.9. The Morgan fingerprint density at radius 2 is 2.08 bits per heavy atom. The fraction of sp³-hybridized carbons (Fsp3) is 0.667. The van der Waals surface area contributed by atoms with E-state index in [4.69, 9.17) is 0 Å². The van der Waals surface area contributed by atoms with Crippen molar-refractivity contribution in [3.63, 3.8) is 0 Å². The quantitative estimate of drug-likeness (QED) is 0.778. The lowest BCUT2D eigenvalue weighted by atomic mass is 10.1. The van der Waals surface area contributed by atoms with Gasteiger partial charge in [0.2, 0.25) is 0 Å². The molecule has 0 amide bonds. The predicted octanol–water partition coefficient (Wildman–Crippen LogP) is 3.23. The molecule has 0 unspecified atom stereocenters. The number of anilines is 1. The maximum atomic E-state index is 4.59. The van der Waals surface area contributed by atoms with Crippen molar-refractivity contribution >= 4 is 32.4 Å². The number of alkyl halides is 1. The zero-order chi connectivity index (χ0) is 10.0. The van der Waals surface area contributed by atoms with Crippen LogP contribution in [0.25, 0.3) is 0 Å². The van der Waals surface area contributed by atoms with Crippen LogP contribution < -0.4 is 4.90 Å². The summed E-state index contributed by atoms with van der Waals surface area (Å²) in [6.07, 6.45) is 0. The molecule has 1 aromatic rings. The molecule has 0 saturated heterocycles. The summed E-state index contributed by atoms with van der Waals surface area (Å²) in [6, 6.07) is 0. The van der Waals surface area contributed by atoms with E-state index < -0.39 is 0 Å². The monoisotopic (exact) mass is 262 g/mol. The molecule has 1 rings (SSSR count). The van der Waals surface area contributed by atoms with Crippen LogP contribution in [0.2, 0.25) is 0 Å². The summed E-state index contributed by atoms with van der Waals surface area (Å²) in [7, 11) is 4.06. The lowest BCUT2D eigenvalue weighted by Crippen LogP contribution is -2.08. The minimum atomic E-state index is 0.512. The van der Waals surface area contributed by atoms with Crippen molar-refractivity contribution in [2.24, 2.45) is 0 Å². The van der Waals surface area contributed by atoms with Gasteiger partial charge in [0.1, 0.15) is 0 Å². The summed E-state index contributed by atoms with van der Waals surface area (Å²) >= 11 is 5.25. The largest absolute Gasteiger partial charge is 0.354 e. The van der Waals surface area contributed by atoms with Crippen molar-refractivity contribution in [1.82, 2.24) is 4.98 Å². The number of aromatic nitrogens is 1. The van der Waals surface area contributed by atoms with Crippen LogP contribution in [0.3, 0.4) is 0 Å². The molecule has 0 aliphatic carbocycles. The van der Waals surface area contributed by atoms with E-state index in [1.165, 1.54) is 10.6 Å². The number of hydrogen-bond donors (Lipinski definition) is 0. The average Bonchev–Trinajstić information content (AvgIpc) is 2.47. The van der Waals surface area contributed by atoms with Crippen molar-refractivity contribution in [3.8, 4) is 0 Å². The highest BCUT2D eigenvalue weighted by molar-refractivity contribution is 9.08. The Labute approximate surface area is 92.1 Å². The molecule has 0 N–H and O–H groups in total. The van der Waals surface area contributed by atoms with Crippen LogP contribution in [-0.4, -0.2) is 19.1 Å². The van der Waals surface area contributed by atoms with Crippen molar-refractivity contribution in [2.45, 2.75) is 25.1 Å². The van der Waals surface area contributed by atoms with Gasteiger partial charge in [0.25, 0.3) is 0 Å². The van der Waals surface area contributed by atoms with Crippen LogP contribution in [0, 0.1) is 0 Å². The van der Waals surface area contributed by atoms with E-state index in [-0.39, 0.29) is 0 Å². The standard InChI is InChI=1S/C9H15BrN2S/c1-6(2)8-7(5-10)13-9(11-8)12(3)4/h6H,5H2,1-4H3. The molecule has 0 spiro atoms. The highest BCUT2D eigenvalue weighted by atomic mass is 79.9. The molecule has 0 aromatic carbocycles. The van der Waals surface area contributed by atoms with Gasteiger partial charge in [-0.25, -0.2) is 4.98 Å². The van der Waals surface area contributed by atoms with Gasteiger partial charge < -0.3 is 4.90 Å². The van der Waals surface area contributed by atoms with Crippen molar-refractivity contribution in [3.05, 3.63) is 10.6 Å². The fourth-order valence-electron chi connectivity index (χ4n) is 1.09. The van der Waals surface area contributed by atoms with E-state index in [0.29, 0.717) is 5.92 Å². The van der Waals surface area contributed by atoms with Crippen LogP contribution in [0.15, 0.2) is 0 Å². The van der Waals surface area contributed by atoms with Gasteiger partial charge >= 0.3 is 0 Å². The Bertz CT molecular complexity index is 281. The SMILES string of the molecule is CC(C)c1nc(N(C)C)sc1CBr. The molecule has 1 heterocycles. The maximum absolute atomic E-state index is 4.59. The highest BCUT2D eigenvalue weighted by Crippen LogP contribution is 2.31. The van der Waals surface area contributed by atoms with Gasteiger partial charge in [0.05, 0.1) is 5.69 Å². The summed E-state index contributed by atoms with van der Waals surface area (Å²) in [5, 5.41) is 2.00. The van der Waals surface area contributed by atoms with Gasteiger partial charge in [-0.05, 0) is 5.92 Å². The Morgan fingerprint density at radius 3 is 2.38 bits per heavy atom. The van der Waals surface area contributed by atoms with Crippen LogP contribution in [0.1, 0.15) is 30.3 Å². The zero-order valence-electron chi connectivity index (χ0n) is 8.47. The molecule has 13 heavy (non-hydrogen) atoms. The maximum Gasteiger partial charge on any atom is 0.185 e. The molecule has 2 nitrogen and oxygen atoms in total. The predicted molar refractivity (Wildman–Crippen MR) is 63.2 cm³/mol. The summed E-state index contributed by atoms with van der Waals surface area (Å²) in [6.45, 7) is 4.36. The van der Waals surface area contributed by atoms with Crippen molar-refractivity contribution < 1.29 is 0 Å². The van der Waals surface area contributed by atoms with Gasteiger partial charge in [0.15, 0.2) is 5.13 Å². The number of hydrogen-bond acceptors (Lipinski definition) is 3. The van der Waals surface area contributed by atoms with E-state index in [2.05, 4.69) is 39.7 Å². The summed E-state index contributed by atoms with van der Waals surface area (Å²) in [5.41, 5.74) is 1.23. The molecule has 0 atom stereocenters. The van der Waals surface area contributed by atoms with E-state index in [1.807, 2.05) is 14.1 Å². The van der Waals surface area contributed by atoms with Gasteiger partial charge in [-0.15, -0.1) is 11.3 Å². The van der Waals surface area contributed by atoms with Crippen molar-refractivity contribution in [1.29, 1.82) is 0 Å². The summed E-state index contributed by atoms with van der Waals surface area (Å²) < 4.78 is 0. The molecule has 4 heteroatoms. The van der Waals surface area contributed by atoms with E-state index in [0.717, 1.165) is 10.5 Å². The summed E-state index contributed by atoms with van der Waals surface area (Å²) in [5.74, 6) is 0.512. The third-order valence-corrected chi connectivity index (χ3v) is 3.94. The molecule has 0 bridgehead atoms. The first-order valence-corrected chi connectivity index (χ1v) is 6.23. The highest BCUT2D eigenvalue weighted by Gasteiger charge is 2.13. The number of thiazole rings is 1. The molecule has 1 aromatic heterocycles. The Balaban J connectivity index is 3.04. The Kier molecular flexibility index (Phi) is 3.74. The van der Waals surface area contributed by atoms with E-state index in [9.17, 15) is 0 Å². The number of nitrogens with zero attached hydrogens (tertiary/aromatic N) is 2. The second-order valence-corrected chi connectivity index (χ2v) is 5.11. The minimum absolute atomic E-state index is 0.512. The normalized spacial score (nSPS) is 10.9. The van der Waals surface area contributed by atoms with Crippen LogP contribution in [0.4, 0.5) is 5.13 Å². The lowest BCUT2D eigenvalue weighted by Gasteiger charge is -2.05. The van der Waals surface area contributed by atoms with Crippen LogP contribution in [0.5, 0.6) is 0 Å². The van der Waals surface area contributed by atoms with E-state index >= 15 is 0 Å². The average molecular weight is 263 g/mol. The first-order chi connectivity index (χ1) is 6.06. The molecule has 74 valence electrons. The molecule has 0 aliphatic heterocycles. The Hall–Kier alpha value is -0.0900. The van der Waals surface area contributed by atoms with Gasteiger partial charge in [-0.1, -0.05) is 29.8 Å². The lowest BCUT2D eigenvalue weighted by molar-refractivity contribution is 0.821. The van der Waals surface area contributed by atoms with E-state index in [1.54, 1.807) is 11.3 Å². The first kappa shape index (κ1) is 11.0. The Morgan fingerprint density at radius 1 is 1.46 bits per heavy atom. The number of rotatable bonds is 3. The molecule has 0 saturated carbocycles. The molecule has 0 aliphatic rings. The molecular formula is C9H15BrN2S. The minimum Gasteiger partial charge on any atom is -0.354 e. The second-order valence-electron chi connectivity index (χ2n) is 3.49. The molecular weight excluding hydrogens is 248 g/mol. The van der Waals surface area contributed by atoms with Gasteiger partial charge in [0, 0.05) is 24.3 Å². The topological polar surface area (TPSA) is 16.1 Å². The van der Waals surface area contributed by atoms with Gasteiger partial charge in [-0.2, -0.15) is 0 Å². The van der Waals surface area contributed by atoms with Gasteiger partial charge in [-0.3, -0.25) is 0 Å². The first-order valence-electron chi connectivity index (χ1n) is 4.29. The third kappa shape index (κ3) is 2.44. The van der Waals surface area contributed by atoms with Crippen LogP contribution in [-0.2, 0) is 5.33 Å². The third-order valence-electron chi connectivity index (χ3n) is 1.77. The number of halogens is 1. The van der Waals surface area contributed by atoms with Crippen LogP contribution >= 0.6 is 27.3 Å². The van der Waals surface area contributed by atoms with Crippen molar-refractivity contribution in [2.75, 3.05) is 19.0 Å². The fourth-order valence-corrected chi connectivity index (χ4v) is 2.71. The smallest absolute Gasteiger partial charge is 0.185 e. The molecule has 0 radical (unpaired) electrons. The summed E-state index contributed by atoms with van der Waals surface area (Å²) in [4.78, 5) is 8.00. The molecule has 0 fully saturated rings.